The van der Waals surface area contributed by atoms with Crippen LogP contribution in [0, 0.1) is 0 Å². The highest BCUT2D eigenvalue weighted by atomic mass is 32.2. The maximum Gasteiger partial charge on any atom is 0.243 e. The molecule has 0 bridgehead atoms. The van der Waals surface area contributed by atoms with E-state index in [2.05, 4.69) is 0 Å². The summed E-state index contributed by atoms with van der Waals surface area (Å²) in [5, 5.41) is 9.09. The van der Waals surface area contributed by atoms with E-state index in [0.717, 1.165) is 0 Å². The minimum atomic E-state index is -3.63. The summed E-state index contributed by atoms with van der Waals surface area (Å²) < 4.78 is 36.9. The van der Waals surface area contributed by atoms with E-state index in [1.165, 1.54) is 16.4 Å². The Balaban J connectivity index is 2.88. The van der Waals surface area contributed by atoms with E-state index >= 15 is 0 Å². The second kappa shape index (κ2) is 9.09. The molecule has 1 N–H and O–H groups in total. The molecule has 7 heteroatoms. The van der Waals surface area contributed by atoms with Crippen LogP contribution < -0.4 is 4.74 Å². The molecule has 126 valence electrons. The molecular weight excluding hydrogens is 306 g/mol. The SMILES string of the molecule is COCCCN(CCO)S(=O)(=O)c1ccc(OC(C)C)cc1. The van der Waals surface area contributed by atoms with Crippen LogP contribution in [0.3, 0.4) is 0 Å². The summed E-state index contributed by atoms with van der Waals surface area (Å²) in [4.78, 5) is 0.189. The molecule has 0 saturated heterocycles. The van der Waals surface area contributed by atoms with Crippen LogP contribution >= 0.6 is 0 Å². The van der Waals surface area contributed by atoms with Crippen molar-refractivity contribution < 1.29 is 23.0 Å². The van der Waals surface area contributed by atoms with E-state index in [9.17, 15) is 8.42 Å². The standard InChI is InChI=1S/C15H25NO5S/c1-13(2)21-14-5-7-15(8-6-14)22(18,19)16(10-11-17)9-4-12-20-3/h5-8,13,17H,4,9-12H2,1-3H3. The molecule has 0 aromatic heterocycles. The van der Waals surface area contributed by atoms with E-state index in [-0.39, 0.29) is 24.2 Å². The third kappa shape index (κ3) is 5.57. The number of aliphatic hydroxyl groups is 1. The van der Waals surface area contributed by atoms with Gasteiger partial charge in [-0.15, -0.1) is 0 Å². The highest BCUT2D eigenvalue weighted by Crippen LogP contribution is 2.20. The molecule has 1 aromatic rings. The van der Waals surface area contributed by atoms with Gasteiger partial charge in [0.2, 0.25) is 10.0 Å². The summed E-state index contributed by atoms with van der Waals surface area (Å²) in [5.41, 5.74) is 0. The first-order valence-electron chi connectivity index (χ1n) is 7.28. The van der Waals surface area contributed by atoms with Crippen LogP contribution in [0.4, 0.5) is 0 Å². The largest absolute Gasteiger partial charge is 0.491 e. The molecule has 22 heavy (non-hydrogen) atoms. The molecule has 0 fully saturated rings. The van der Waals surface area contributed by atoms with Crippen LogP contribution in [-0.4, -0.2) is 57.3 Å². The fraction of sp³-hybridized carbons (Fsp3) is 0.600. The zero-order valence-electron chi connectivity index (χ0n) is 13.4. The van der Waals surface area contributed by atoms with Gasteiger partial charge in [-0.3, -0.25) is 0 Å². The lowest BCUT2D eigenvalue weighted by atomic mass is 10.3. The van der Waals surface area contributed by atoms with Gasteiger partial charge >= 0.3 is 0 Å². The van der Waals surface area contributed by atoms with Crippen LogP contribution in [0.25, 0.3) is 0 Å². The first kappa shape index (κ1) is 18.9. The van der Waals surface area contributed by atoms with Crippen molar-refractivity contribution in [2.45, 2.75) is 31.3 Å². The smallest absolute Gasteiger partial charge is 0.243 e. The summed E-state index contributed by atoms with van der Waals surface area (Å²) in [6.07, 6.45) is 0.604. The molecule has 0 amide bonds. The molecule has 0 radical (unpaired) electrons. The van der Waals surface area contributed by atoms with Gasteiger partial charge in [0.05, 0.1) is 17.6 Å². The molecule has 0 atom stereocenters. The average molecular weight is 331 g/mol. The quantitative estimate of drug-likeness (QED) is 0.658. The lowest BCUT2D eigenvalue weighted by molar-refractivity contribution is 0.182. The number of benzene rings is 1. The van der Waals surface area contributed by atoms with Gasteiger partial charge in [0.25, 0.3) is 0 Å². The van der Waals surface area contributed by atoms with Crippen LogP contribution in [0.1, 0.15) is 20.3 Å². The lowest BCUT2D eigenvalue weighted by Gasteiger charge is -2.21. The van der Waals surface area contributed by atoms with Gasteiger partial charge in [-0.25, -0.2) is 8.42 Å². The van der Waals surface area contributed by atoms with Gasteiger partial charge in [0, 0.05) is 26.8 Å². The second-order valence-corrected chi connectivity index (χ2v) is 7.05. The Kier molecular flexibility index (Phi) is 7.81. The summed E-state index contributed by atoms with van der Waals surface area (Å²) in [5.74, 6) is 0.627. The first-order valence-corrected chi connectivity index (χ1v) is 8.72. The zero-order chi connectivity index (χ0) is 16.6. The van der Waals surface area contributed by atoms with Crippen LogP contribution in [-0.2, 0) is 14.8 Å². The highest BCUT2D eigenvalue weighted by Gasteiger charge is 2.23. The zero-order valence-corrected chi connectivity index (χ0v) is 14.2. The van der Waals surface area contributed by atoms with Crippen LogP contribution in [0.2, 0.25) is 0 Å². The Morgan fingerprint density at radius 3 is 2.32 bits per heavy atom. The van der Waals surface area contributed by atoms with E-state index in [1.54, 1.807) is 19.2 Å². The number of aliphatic hydroxyl groups excluding tert-OH is 1. The van der Waals surface area contributed by atoms with E-state index < -0.39 is 10.0 Å². The topological polar surface area (TPSA) is 76.1 Å². The third-order valence-corrected chi connectivity index (χ3v) is 4.85. The molecule has 0 aliphatic rings. The number of rotatable bonds is 10. The Bertz CT molecular complexity index is 527. The first-order chi connectivity index (χ1) is 10.4. The molecule has 0 spiro atoms. The van der Waals surface area contributed by atoms with Gasteiger partial charge in [-0.1, -0.05) is 0 Å². The predicted molar refractivity (Wildman–Crippen MR) is 84.5 cm³/mol. The Hall–Kier alpha value is -1.15. The lowest BCUT2D eigenvalue weighted by Crippen LogP contribution is -2.35. The van der Waals surface area contributed by atoms with E-state index in [4.69, 9.17) is 14.6 Å². The molecular formula is C15H25NO5S. The molecule has 0 aliphatic carbocycles. The number of hydrogen-bond acceptors (Lipinski definition) is 5. The molecule has 6 nitrogen and oxygen atoms in total. The van der Waals surface area contributed by atoms with Crippen molar-refractivity contribution >= 4 is 10.0 Å². The molecule has 0 aliphatic heterocycles. The third-order valence-electron chi connectivity index (χ3n) is 2.94. The van der Waals surface area contributed by atoms with Crippen molar-refractivity contribution in [1.82, 2.24) is 4.31 Å². The Labute approximate surface area is 132 Å². The van der Waals surface area contributed by atoms with Crippen molar-refractivity contribution in [3.05, 3.63) is 24.3 Å². The summed E-state index contributed by atoms with van der Waals surface area (Å²) in [6, 6.07) is 6.32. The molecule has 0 heterocycles. The normalized spacial score (nSPS) is 12.1. The maximum absolute atomic E-state index is 12.6. The number of methoxy groups -OCH3 is 1. The van der Waals surface area contributed by atoms with Gasteiger partial charge in [-0.2, -0.15) is 4.31 Å². The second-order valence-electron chi connectivity index (χ2n) is 5.11. The number of ether oxygens (including phenoxy) is 2. The van der Waals surface area contributed by atoms with Gasteiger partial charge in [0.15, 0.2) is 0 Å². The minimum absolute atomic E-state index is 0.0300. The molecule has 1 rings (SSSR count). The van der Waals surface area contributed by atoms with Crippen LogP contribution in [0.5, 0.6) is 5.75 Å². The fourth-order valence-corrected chi connectivity index (χ4v) is 3.43. The fourth-order valence-electron chi connectivity index (χ4n) is 1.96. The summed E-state index contributed by atoms with van der Waals surface area (Å²) in [7, 11) is -2.06. The van der Waals surface area contributed by atoms with Crippen molar-refractivity contribution in [2.24, 2.45) is 0 Å². The highest BCUT2D eigenvalue weighted by molar-refractivity contribution is 7.89. The number of hydrogen-bond donors (Lipinski definition) is 1. The number of sulfonamides is 1. The summed E-state index contributed by atoms with van der Waals surface area (Å²) >= 11 is 0. The average Bonchev–Trinajstić information content (AvgIpc) is 2.46. The van der Waals surface area contributed by atoms with Crippen molar-refractivity contribution in [2.75, 3.05) is 33.4 Å². The van der Waals surface area contributed by atoms with Gasteiger partial charge < -0.3 is 14.6 Å². The summed E-state index contributed by atoms with van der Waals surface area (Å²) in [6.45, 7) is 4.43. The Morgan fingerprint density at radius 2 is 1.82 bits per heavy atom. The molecule has 1 aromatic carbocycles. The molecule has 0 saturated carbocycles. The van der Waals surface area contributed by atoms with Gasteiger partial charge in [0.1, 0.15) is 5.75 Å². The maximum atomic E-state index is 12.6. The monoisotopic (exact) mass is 331 g/mol. The Morgan fingerprint density at radius 1 is 1.18 bits per heavy atom. The van der Waals surface area contributed by atoms with Crippen molar-refractivity contribution in [1.29, 1.82) is 0 Å². The van der Waals surface area contributed by atoms with E-state index in [1.807, 2.05) is 13.8 Å². The van der Waals surface area contributed by atoms with Crippen molar-refractivity contribution in [3.8, 4) is 5.75 Å². The van der Waals surface area contributed by atoms with Crippen molar-refractivity contribution in [3.63, 3.8) is 0 Å². The van der Waals surface area contributed by atoms with E-state index in [0.29, 0.717) is 25.3 Å². The van der Waals surface area contributed by atoms with Crippen LogP contribution in [0.15, 0.2) is 29.2 Å². The molecule has 0 unspecified atom stereocenters. The van der Waals surface area contributed by atoms with Gasteiger partial charge in [-0.05, 0) is 44.5 Å². The minimum Gasteiger partial charge on any atom is -0.491 e. The number of nitrogens with zero attached hydrogens (tertiary/aromatic N) is 1. The predicted octanol–water partition coefficient (Wildman–Crippen LogP) is 1.49.